The van der Waals surface area contributed by atoms with Crippen LogP contribution in [-0.4, -0.2) is 30.7 Å². The Bertz CT molecular complexity index is 727. The van der Waals surface area contributed by atoms with E-state index in [1.807, 2.05) is 0 Å². The summed E-state index contributed by atoms with van der Waals surface area (Å²) in [4.78, 5) is 22.9. The van der Waals surface area contributed by atoms with Gasteiger partial charge in [0.25, 0.3) is 5.91 Å². The molecule has 2 rings (SSSR count). The Morgan fingerprint density at radius 3 is 2.57 bits per heavy atom. The Kier molecular flexibility index (Phi) is 5.19. The molecule has 0 unspecified atom stereocenters. The number of aromatic carboxylic acids is 1. The Hall–Kier alpha value is -3.02. The van der Waals surface area contributed by atoms with Crippen molar-refractivity contribution >= 4 is 17.6 Å². The van der Waals surface area contributed by atoms with Gasteiger partial charge in [-0.1, -0.05) is 12.1 Å². The average Bonchev–Trinajstić information content (AvgIpc) is 2.55. The second kappa shape index (κ2) is 7.31. The zero-order chi connectivity index (χ0) is 16.8. The summed E-state index contributed by atoms with van der Waals surface area (Å²) in [6.07, 6.45) is 0. The van der Waals surface area contributed by atoms with Crippen molar-refractivity contribution in [3.8, 4) is 11.5 Å². The lowest BCUT2D eigenvalue weighted by molar-refractivity contribution is -0.118. The van der Waals surface area contributed by atoms with Crippen molar-refractivity contribution in [3.63, 3.8) is 0 Å². The molecule has 2 aromatic rings. The van der Waals surface area contributed by atoms with E-state index in [0.717, 1.165) is 5.56 Å². The highest BCUT2D eigenvalue weighted by Gasteiger charge is 2.10. The van der Waals surface area contributed by atoms with Crippen molar-refractivity contribution < 1.29 is 24.2 Å². The molecule has 0 saturated heterocycles. The van der Waals surface area contributed by atoms with Gasteiger partial charge in [-0.05, 0) is 36.8 Å². The fourth-order valence-corrected chi connectivity index (χ4v) is 1.92. The third kappa shape index (κ3) is 4.47. The molecular weight excluding hydrogens is 298 g/mol. The normalized spacial score (nSPS) is 10.0. The molecule has 0 bridgehead atoms. The van der Waals surface area contributed by atoms with Crippen LogP contribution in [0.2, 0.25) is 0 Å². The molecule has 2 N–H and O–H groups in total. The molecule has 0 aliphatic carbocycles. The summed E-state index contributed by atoms with van der Waals surface area (Å²) in [5.41, 5.74) is 1.33. The van der Waals surface area contributed by atoms with Crippen LogP contribution in [0.15, 0.2) is 42.5 Å². The number of rotatable bonds is 6. The molecule has 0 radical (unpaired) electrons. The maximum Gasteiger partial charge on any atom is 0.335 e. The van der Waals surface area contributed by atoms with Crippen LogP contribution in [0.25, 0.3) is 0 Å². The molecule has 6 nitrogen and oxygen atoms in total. The van der Waals surface area contributed by atoms with Crippen LogP contribution in [0.3, 0.4) is 0 Å². The molecule has 120 valence electrons. The van der Waals surface area contributed by atoms with Gasteiger partial charge in [0.05, 0.1) is 12.7 Å². The second-order valence-corrected chi connectivity index (χ2v) is 4.85. The number of ether oxygens (including phenoxy) is 2. The summed E-state index contributed by atoms with van der Waals surface area (Å²) in [5, 5.41) is 11.6. The van der Waals surface area contributed by atoms with Gasteiger partial charge < -0.3 is 19.9 Å². The highest BCUT2D eigenvalue weighted by Crippen LogP contribution is 2.19. The summed E-state index contributed by atoms with van der Waals surface area (Å²) < 4.78 is 10.5. The molecular formula is C17H17NO5. The number of carbonyl (C=O) groups excluding carboxylic acids is 1. The maximum atomic E-state index is 12.0. The quantitative estimate of drug-likeness (QED) is 0.856. The minimum Gasteiger partial charge on any atom is -0.497 e. The van der Waals surface area contributed by atoms with E-state index in [0.29, 0.717) is 17.2 Å². The minimum atomic E-state index is -1.05. The fraction of sp³-hybridized carbons (Fsp3) is 0.176. The highest BCUT2D eigenvalue weighted by molar-refractivity contribution is 5.95. The number of hydrogen-bond acceptors (Lipinski definition) is 4. The molecule has 0 spiro atoms. The van der Waals surface area contributed by atoms with Crippen molar-refractivity contribution in [3.05, 3.63) is 53.6 Å². The van der Waals surface area contributed by atoms with Crippen LogP contribution in [0.5, 0.6) is 11.5 Å². The van der Waals surface area contributed by atoms with Crippen LogP contribution >= 0.6 is 0 Å². The predicted octanol–water partition coefficient (Wildman–Crippen LogP) is 2.72. The van der Waals surface area contributed by atoms with Gasteiger partial charge in [0.2, 0.25) is 0 Å². The van der Waals surface area contributed by atoms with E-state index in [1.54, 1.807) is 44.4 Å². The molecule has 1 amide bonds. The van der Waals surface area contributed by atoms with Crippen molar-refractivity contribution in [1.29, 1.82) is 0 Å². The lowest BCUT2D eigenvalue weighted by Gasteiger charge is -2.11. The summed E-state index contributed by atoms with van der Waals surface area (Å²) in [6.45, 7) is 1.59. The van der Waals surface area contributed by atoms with Crippen molar-refractivity contribution in [1.82, 2.24) is 0 Å². The maximum absolute atomic E-state index is 12.0. The number of carbonyl (C=O) groups is 2. The van der Waals surface area contributed by atoms with E-state index >= 15 is 0 Å². The third-order valence-electron chi connectivity index (χ3n) is 3.17. The highest BCUT2D eigenvalue weighted by atomic mass is 16.5. The molecule has 2 aromatic carbocycles. The van der Waals surface area contributed by atoms with Crippen LogP contribution in [-0.2, 0) is 4.79 Å². The van der Waals surface area contributed by atoms with E-state index in [1.165, 1.54) is 12.1 Å². The molecule has 0 aromatic heterocycles. The summed E-state index contributed by atoms with van der Waals surface area (Å²) in [7, 11) is 1.55. The topological polar surface area (TPSA) is 84.9 Å². The monoisotopic (exact) mass is 315 g/mol. The van der Waals surface area contributed by atoms with Crippen molar-refractivity contribution in [2.24, 2.45) is 0 Å². The van der Waals surface area contributed by atoms with E-state index in [2.05, 4.69) is 5.32 Å². The molecule has 6 heteroatoms. The number of carboxylic acids is 1. The first-order valence-corrected chi connectivity index (χ1v) is 6.90. The summed E-state index contributed by atoms with van der Waals surface area (Å²) in [5.74, 6) is -0.282. The van der Waals surface area contributed by atoms with Crippen LogP contribution in [0.1, 0.15) is 15.9 Å². The zero-order valence-corrected chi connectivity index (χ0v) is 12.8. The molecule has 0 fully saturated rings. The first-order valence-electron chi connectivity index (χ1n) is 6.90. The van der Waals surface area contributed by atoms with Crippen LogP contribution < -0.4 is 14.8 Å². The SMILES string of the molecule is COc1cccc(OCC(=O)Nc2cc(C(=O)O)ccc2C)c1. The number of carboxylic acid groups (broad SMARTS) is 1. The first kappa shape index (κ1) is 16.4. The Morgan fingerprint density at radius 2 is 1.87 bits per heavy atom. The van der Waals surface area contributed by atoms with Gasteiger partial charge in [-0.15, -0.1) is 0 Å². The van der Waals surface area contributed by atoms with Gasteiger partial charge in [0.1, 0.15) is 11.5 Å². The number of amides is 1. The average molecular weight is 315 g/mol. The molecule has 0 atom stereocenters. The first-order chi connectivity index (χ1) is 11.0. The van der Waals surface area contributed by atoms with E-state index in [9.17, 15) is 9.59 Å². The molecule has 0 saturated carbocycles. The molecule has 0 aliphatic rings. The fourth-order valence-electron chi connectivity index (χ4n) is 1.92. The standard InChI is InChI=1S/C17H17NO5/c1-11-6-7-12(17(20)21)8-15(11)18-16(19)10-23-14-5-3-4-13(9-14)22-2/h3-9H,10H2,1-2H3,(H,18,19)(H,20,21). The third-order valence-corrected chi connectivity index (χ3v) is 3.17. The number of methoxy groups -OCH3 is 1. The van der Waals surface area contributed by atoms with Crippen molar-refractivity contribution in [2.75, 3.05) is 19.0 Å². The second-order valence-electron chi connectivity index (χ2n) is 4.85. The van der Waals surface area contributed by atoms with Gasteiger partial charge in [0.15, 0.2) is 6.61 Å². The van der Waals surface area contributed by atoms with Gasteiger partial charge >= 0.3 is 5.97 Å². The smallest absolute Gasteiger partial charge is 0.335 e. The lowest BCUT2D eigenvalue weighted by Crippen LogP contribution is -2.21. The number of nitrogens with one attached hydrogen (secondary N) is 1. The zero-order valence-electron chi connectivity index (χ0n) is 12.8. The van der Waals surface area contributed by atoms with Crippen LogP contribution in [0.4, 0.5) is 5.69 Å². The van der Waals surface area contributed by atoms with Gasteiger partial charge in [-0.2, -0.15) is 0 Å². The minimum absolute atomic E-state index is 0.111. The van der Waals surface area contributed by atoms with Crippen molar-refractivity contribution in [2.45, 2.75) is 6.92 Å². The van der Waals surface area contributed by atoms with E-state index in [-0.39, 0.29) is 18.1 Å². The van der Waals surface area contributed by atoms with E-state index in [4.69, 9.17) is 14.6 Å². The van der Waals surface area contributed by atoms with Crippen LogP contribution in [0, 0.1) is 6.92 Å². The lowest BCUT2D eigenvalue weighted by atomic mass is 10.1. The number of anilines is 1. The largest absolute Gasteiger partial charge is 0.497 e. The molecule has 23 heavy (non-hydrogen) atoms. The Morgan fingerprint density at radius 1 is 1.13 bits per heavy atom. The summed E-state index contributed by atoms with van der Waals surface area (Å²) in [6, 6.07) is 11.5. The summed E-state index contributed by atoms with van der Waals surface area (Å²) >= 11 is 0. The molecule has 0 aliphatic heterocycles. The van der Waals surface area contributed by atoms with Gasteiger partial charge in [-0.3, -0.25) is 4.79 Å². The number of aryl methyl sites for hydroxylation is 1. The predicted molar refractivity (Wildman–Crippen MR) is 85.3 cm³/mol. The number of benzene rings is 2. The Balaban J connectivity index is 1.99. The van der Waals surface area contributed by atoms with Gasteiger partial charge in [0, 0.05) is 11.8 Å². The van der Waals surface area contributed by atoms with E-state index < -0.39 is 5.97 Å². The number of hydrogen-bond donors (Lipinski definition) is 2. The molecule has 0 heterocycles. The van der Waals surface area contributed by atoms with Gasteiger partial charge in [-0.25, -0.2) is 4.79 Å². The Labute approximate surface area is 133 Å².